The van der Waals surface area contributed by atoms with Crippen molar-refractivity contribution in [2.24, 2.45) is 0 Å². The summed E-state index contributed by atoms with van der Waals surface area (Å²) in [6.07, 6.45) is 0. The lowest BCUT2D eigenvalue weighted by molar-refractivity contribution is -0.141. The molecule has 0 aromatic carbocycles. The third-order valence-corrected chi connectivity index (χ3v) is 2.73. The van der Waals surface area contributed by atoms with Crippen LogP contribution in [-0.2, 0) is 22.0 Å². The van der Waals surface area contributed by atoms with Crippen LogP contribution < -0.4 is 4.74 Å². The van der Waals surface area contributed by atoms with E-state index in [0.717, 1.165) is 0 Å². The van der Waals surface area contributed by atoms with Crippen molar-refractivity contribution in [3.8, 4) is 5.88 Å². The third kappa shape index (κ3) is 2.24. The maximum absolute atomic E-state index is 11.4. The fraction of sp³-hybridized carbons (Fsp3) is 0.364. The summed E-state index contributed by atoms with van der Waals surface area (Å²) < 4.78 is 11.3. The van der Waals surface area contributed by atoms with Crippen LogP contribution in [0.25, 0.3) is 11.2 Å². The number of pyridine rings is 1. The van der Waals surface area contributed by atoms with Crippen molar-refractivity contribution in [3.63, 3.8) is 0 Å². The van der Waals surface area contributed by atoms with E-state index in [-0.39, 0.29) is 18.4 Å². The molecule has 2 aromatic rings. The molecular formula is C11H12ClN3O3. The summed E-state index contributed by atoms with van der Waals surface area (Å²) in [7, 11) is 2.85. The Morgan fingerprint density at radius 3 is 2.78 bits per heavy atom. The number of hydrogen-bond donors (Lipinski definition) is 0. The molecule has 7 heteroatoms. The molecular weight excluding hydrogens is 258 g/mol. The van der Waals surface area contributed by atoms with E-state index in [1.54, 1.807) is 16.7 Å². The predicted octanol–water partition coefficient (Wildman–Crippen LogP) is 1.35. The number of nitrogens with zero attached hydrogens (tertiary/aromatic N) is 3. The Bertz CT molecular complexity index is 582. The van der Waals surface area contributed by atoms with Gasteiger partial charge in [0, 0.05) is 6.07 Å². The van der Waals surface area contributed by atoms with Gasteiger partial charge in [-0.2, -0.15) is 4.98 Å². The van der Waals surface area contributed by atoms with Gasteiger partial charge in [-0.25, -0.2) is 4.98 Å². The monoisotopic (exact) mass is 269 g/mol. The van der Waals surface area contributed by atoms with Gasteiger partial charge in [0.1, 0.15) is 17.9 Å². The summed E-state index contributed by atoms with van der Waals surface area (Å²) in [5, 5.41) is 0. The number of hydrogen-bond acceptors (Lipinski definition) is 5. The average Bonchev–Trinajstić information content (AvgIpc) is 2.75. The van der Waals surface area contributed by atoms with Gasteiger partial charge in [0.25, 0.3) is 0 Å². The summed E-state index contributed by atoms with van der Waals surface area (Å²) >= 11 is 5.81. The maximum atomic E-state index is 11.4. The lowest BCUT2D eigenvalue weighted by atomic mass is 10.4. The summed E-state index contributed by atoms with van der Waals surface area (Å²) in [5.41, 5.74) is 1.21. The summed E-state index contributed by atoms with van der Waals surface area (Å²) in [5.74, 6) is 0.827. The number of carbonyl (C=O) groups is 1. The van der Waals surface area contributed by atoms with Crippen molar-refractivity contribution in [3.05, 3.63) is 18.0 Å². The average molecular weight is 270 g/mol. The van der Waals surface area contributed by atoms with Gasteiger partial charge in [-0.05, 0) is 6.07 Å². The third-order valence-electron chi connectivity index (χ3n) is 2.49. The van der Waals surface area contributed by atoms with Crippen molar-refractivity contribution < 1.29 is 14.3 Å². The molecule has 0 radical (unpaired) electrons. The fourth-order valence-corrected chi connectivity index (χ4v) is 1.81. The highest BCUT2D eigenvalue weighted by atomic mass is 35.5. The Morgan fingerprint density at radius 1 is 1.39 bits per heavy atom. The van der Waals surface area contributed by atoms with Crippen LogP contribution in [-0.4, -0.2) is 34.7 Å². The number of halogens is 1. The number of esters is 1. The van der Waals surface area contributed by atoms with Gasteiger partial charge in [-0.1, -0.05) is 0 Å². The highest BCUT2D eigenvalue weighted by molar-refractivity contribution is 6.16. The molecule has 6 nitrogen and oxygen atoms in total. The zero-order chi connectivity index (χ0) is 13.1. The Hall–Kier alpha value is -1.82. The quantitative estimate of drug-likeness (QED) is 0.619. The van der Waals surface area contributed by atoms with Crippen molar-refractivity contribution in [2.75, 3.05) is 14.2 Å². The second-order valence-corrected chi connectivity index (χ2v) is 3.79. The van der Waals surface area contributed by atoms with Gasteiger partial charge in [-0.15, -0.1) is 11.6 Å². The van der Waals surface area contributed by atoms with Crippen LogP contribution in [0.2, 0.25) is 0 Å². The van der Waals surface area contributed by atoms with Gasteiger partial charge in [0.05, 0.1) is 20.1 Å². The first-order chi connectivity index (χ1) is 8.69. The van der Waals surface area contributed by atoms with Crippen LogP contribution in [0.3, 0.4) is 0 Å². The van der Waals surface area contributed by atoms with E-state index < -0.39 is 0 Å². The van der Waals surface area contributed by atoms with Crippen LogP contribution in [0.1, 0.15) is 5.82 Å². The lowest BCUT2D eigenvalue weighted by Gasteiger charge is -2.05. The Labute approximate surface area is 108 Å². The number of aromatic nitrogens is 3. The molecule has 0 aliphatic heterocycles. The Balaban J connectivity index is 2.55. The normalized spacial score (nSPS) is 10.6. The Kier molecular flexibility index (Phi) is 3.66. The number of carbonyl (C=O) groups excluding carboxylic acids is 1. The first-order valence-corrected chi connectivity index (χ1v) is 5.76. The predicted molar refractivity (Wildman–Crippen MR) is 65.7 cm³/mol. The van der Waals surface area contributed by atoms with Gasteiger partial charge in [0.15, 0.2) is 5.65 Å². The molecule has 2 aromatic heterocycles. The van der Waals surface area contributed by atoms with Gasteiger partial charge >= 0.3 is 5.97 Å². The van der Waals surface area contributed by atoms with Crippen molar-refractivity contribution in [1.29, 1.82) is 0 Å². The number of fused-ring (bicyclic) bond motifs is 1. The molecule has 18 heavy (non-hydrogen) atoms. The minimum absolute atomic E-state index is 0.0230. The second kappa shape index (κ2) is 5.22. The smallest absolute Gasteiger partial charge is 0.325 e. The maximum Gasteiger partial charge on any atom is 0.325 e. The molecule has 0 fully saturated rings. The minimum Gasteiger partial charge on any atom is -0.481 e. The molecule has 0 spiro atoms. The molecule has 2 heterocycles. The van der Waals surface area contributed by atoms with E-state index in [9.17, 15) is 4.79 Å². The molecule has 0 aliphatic rings. The fourth-order valence-electron chi connectivity index (χ4n) is 1.61. The molecule has 2 rings (SSSR count). The number of imidazole rings is 1. The molecule has 0 atom stereocenters. The van der Waals surface area contributed by atoms with Gasteiger partial charge < -0.3 is 14.0 Å². The first kappa shape index (κ1) is 12.6. The van der Waals surface area contributed by atoms with Gasteiger partial charge in [0.2, 0.25) is 5.88 Å². The van der Waals surface area contributed by atoms with E-state index in [0.29, 0.717) is 22.9 Å². The SMILES string of the molecule is COC(=O)Cn1c(CCl)nc2ccc(OC)nc21. The van der Waals surface area contributed by atoms with E-state index in [4.69, 9.17) is 16.3 Å². The molecule has 0 saturated heterocycles. The molecule has 0 saturated carbocycles. The summed E-state index contributed by atoms with van der Waals surface area (Å²) in [6.45, 7) is 0.0230. The topological polar surface area (TPSA) is 66.2 Å². The van der Waals surface area contributed by atoms with Gasteiger partial charge in [-0.3, -0.25) is 4.79 Å². The molecule has 96 valence electrons. The van der Waals surface area contributed by atoms with Crippen LogP contribution in [0.4, 0.5) is 0 Å². The number of ether oxygens (including phenoxy) is 2. The molecule has 0 bridgehead atoms. The standard InChI is InChI=1S/C11H12ClN3O3/c1-17-9-4-3-7-11(14-9)15(6-10(16)18-2)8(5-12)13-7/h3-4H,5-6H2,1-2H3. The van der Waals surface area contributed by atoms with Crippen molar-refractivity contribution in [2.45, 2.75) is 12.4 Å². The molecule has 0 N–H and O–H groups in total. The second-order valence-electron chi connectivity index (χ2n) is 3.52. The van der Waals surface area contributed by atoms with Crippen molar-refractivity contribution >= 4 is 28.7 Å². The highest BCUT2D eigenvalue weighted by Gasteiger charge is 2.15. The Morgan fingerprint density at radius 2 is 2.17 bits per heavy atom. The van der Waals surface area contributed by atoms with Crippen LogP contribution >= 0.6 is 11.6 Å². The lowest BCUT2D eigenvalue weighted by Crippen LogP contribution is -2.14. The zero-order valence-electron chi connectivity index (χ0n) is 10.0. The largest absolute Gasteiger partial charge is 0.481 e. The summed E-state index contributed by atoms with van der Waals surface area (Å²) in [6, 6.07) is 3.47. The number of methoxy groups -OCH3 is 2. The van der Waals surface area contributed by atoms with E-state index >= 15 is 0 Å². The molecule has 0 amide bonds. The van der Waals surface area contributed by atoms with E-state index in [1.165, 1.54) is 14.2 Å². The van der Waals surface area contributed by atoms with Crippen LogP contribution in [0, 0.1) is 0 Å². The van der Waals surface area contributed by atoms with Crippen molar-refractivity contribution in [1.82, 2.24) is 14.5 Å². The number of rotatable bonds is 4. The van der Waals surface area contributed by atoms with E-state index in [2.05, 4.69) is 14.7 Å². The zero-order valence-corrected chi connectivity index (χ0v) is 10.8. The molecule has 0 aliphatic carbocycles. The first-order valence-electron chi connectivity index (χ1n) is 5.22. The highest BCUT2D eigenvalue weighted by Crippen LogP contribution is 2.19. The molecule has 0 unspecified atom stereocenters. The minimum atomic E-state index is -0.384. The number of alkyl halides is 1. The summed E-state index contributed by atoms with van der Waals surface area (Å²) in [4.78, 5) is 19.9. The van der Waals surface area contributed by atoms with E-state index in [1.807, 2.05) is 0 Å². The van der Waals surface area contributed by atoms with Crippen LogP contribution in [0.15, 0.2) is 12.1 Å². The van der Waals surface area contributed by atoms with Crippen LogP contribution in [0.5, 0.6) is 5.88 Å².